The number of hydrogen-bond donors (Lipinski definition) is 1. The van der Waals surface area contributed by atoms with Gasteiger partial charge in [0, 0.05) is 30.8 Å². The molecule has 4 heteroatoms. The van der Waals surface area contributed by atoms with Crippen LogP contribution >= 0.6 is 49.9 Å². The van der Waals surface area contributed by atoms with Gasteiger partial charge in [0.2, 0.25) is 0 Å². The molecule has 2 aromatic rings. The second-order valence-corrected chi connectivity index (χ2v) is 6.75. The zero-order valence-electron chi connectivity index (χ0n) is 8.49. The maximum Gasteiger partial charge on any atom is 0.0343 e. The second kappa shape index (κ2) is 5.62. The van der Waals surface area contributed by atoms with Gasteiger partial charge in [0.1, 0.15) is 0 Å². The van der Waals surface area contributed by atoms with Crippen LogP contribution in [0, 0.1) is 3.57 Å². The number of halogens is 2. The van der Waals surface area contributed by atoms with Gasteiger partial charge in [-0.25, -0.2) is 0 Å². The van der Waals surface area contributed by atoms with E-state index in [-0.39, 0.29) is 6.04 Å². The highest BCUT2D eigenvalue weighted by Gasteiger charge is 2.08. The molecule has 0 aliphatic rings. The lowest BCUT2D eigenvalue weighted by atomic mass is 10.0. The number of hydrogen-bond acceptors (Lipinski definition) is 2. The Labute approximate surface area is 121 Å². The van der Waals surface area contributed by atoms with Crippen molar-refractivity contribution < 1.29 is 0 Å². The van der Waals surface area contributed by atoms with Crippen molar-refractivity contribution in [3.05, 3.63) is 54.2 Å². The molecule has 1 aromatic carbocycles. The van der Waals surface area contributed by atoms with Crippen molar-refractivity contribution in [2.75, 3.05) is 0 Å². The standard InChI is InChI=1S/C12H11BrINS/c13-9-5-11(16-7-9)6-12(15)8-1-3-10(14)4-2-8/h1-5,7,12H,6,15H2. The zero-order valence-corrected chi connectivity index (χ0v) is 13.1. The van der Waals surface area contributed by atoms with Crippen LogP contribution < -0.4 is 5.73 Å². The van der Waals surface area contributed by atoms with Gasteiger partial charge < -0.3 is 5.73 Å². The van der Waals surface area contributed by atoms with E-state index in [9.17, 15) is 0 Å². The summed E-state index contributed by atoms with van der Waals surface area (Å²) in [6, 6.07) is 10.6. The van der Waals surface area contributed by atoms with Gasteiger partial charge in [-0.05, 0) is 62.3 Å². The molecule has 0 saturated carbocycles. The Balaban J connectivity index is 2.08. The normalized spacial score (nSPS) is 12.7. The number of benzene rings is 1. The van der Waals surface area contributed by atoms with Crippen LogP contribution in [-0.2, 0) is 6.42 Å². The molecular weight excluding hydrogens is 397 g/mol. The van der Waals surface area contributed by atoms with E-state index < -0.39 is 0 Å². The lowest BCUT2D eigenvalue weighted by Gasteiger charge is -2.10. The summed E-state index contributed by atoms with van der Waals surface area (Å²) in [5, 5.41) is 2.09. The van der Waals surface area contributed by atoms with Crippen LogP contribution in [0.25, 0.3) is 0 Å². The van der Waals surface area contributed by atoms with E-state index in [4.69, 9.17) is 5.73 Å². The largest absolute Gasteiger partial charge is 0.324 e. The average molecular weight is 408 g/mol. The SMILES string of the molecule is NC(Cc1cc(Br)cs1)c1ccc(I)cc1. The van der Waals surface area contributed by atoms with Crippen LogP contribution in [0.3, 0.4) is 0 Å². The molecule has 2 N–H and O–H groups in total. The third kappa shape index (κ3) is 3.29. The third-order valence-corrected chi connectivity index (χ3v) is 4.78. The van der Waals surface area contributed by atoms with Crippen molar-refractivity contribution in [3.8, 4) is 0 Å². The van der Waals surface area contributed by atoms with Gasteiger partial charge >= 0.3 is 0 Å². The minimum Gasteiger partial charge on any atom is -0.324 e. The van der Waals surface area contributed by atoms with Crippen LogP contribution in [-0.4, -0.2) is 0 Å². The summed E-state index contributed by atoms with van der Waals surface area (Å²) in [6.07, 6.45) is 0.900. The average Bonchev–Trinajstić information content (AvgIpc) is 2.65. The fourth-order valence-corrected chi connectivity index (χ4v) is 3.38. The Morgan fingerprint density at radius 2 is 2.00 bits per heavy atom. The molecule has 2 rings (SSSR count). The number of rotatable bonds is 3. The summed E-state index contributed by atoms with van der Waals surface area (Å²) in [5.41, 5.74) is 7.37. The Kier molecular flexibility index (Phi) is 4.41. The lowest BCUT2D eigenvalue weighted by molar-refractivity contribution is 0.730. The molecule has 16 heavy (non-hydrogen) atoms. The van der Waals surface area contributed by atoms with E-state index in [2.05, 4.69) is 74.2 Å². The first kappa shape index (κ1) is 12.5. The van der Waals surface area contributed by atoms with E-state index >= 15 is 0 Å². The fraction of sp³-hybridized carbons (Fsp3) is 0.167. The Hall–Kier alpha value is 0.0900. The highest BCUT2D eigenvalue weighted by molar-refractivity contribution is 14.1. The molecule has 84 valence electrons. The van der Waals surface area contributed by atoms with E-state index in [0.717, 1.165) is 10.9 Å². The van der Waals surface area contributed by atoms with Gasteiger partial charge in [0.25, 0.3) is 0 Å². The Morgan fingerprint density at radius 3 is 2.56 bits per heavy atom. The van der Waals surface area contributed by atoms with Gasteiger partial charge in [-0.15, -0.1) is 11.3 Å². The van der Waals surface area contributed by atoms with Crippen LogP contribution in [0.4, 0.5) is 0 Å². The monoisotopic (exact) mass is 407 g/mol. The van der Waals surface area contributed by atoms with E-state index in [1.54, 1.807) is 11.3 Å². The summed E-state index contributed by atoms with van der Waals surface area (Å²) in [7, 11) is 0. The highest BCUT2D eigenvalue weighted by atomic mass is 127. The second-order valence-electron chi connectivity index (χ2n) is 3.59. The van der Waals surface area contributed by atoms with Crippen molar-refractivity contribution in [2.45, 2.75) is 12.5 Å². The van der Waals surface area contributed by atoms with E-state index in [1.165, 1.54) is 14.0 Å². The van der Waals surface area contributed by atoms with Crippen molar-refractivity contribution >= 4 is 49.9 Å². The summed E-state index contributed by atoms with van der Waals surface area (Å²) >= 11 is 7.51. The minimum atomic E-state index is 0.0857. The van der Waals surface area contributed by atoms with E-state index in [1.807, 2.05) is 0 Å². The first-order valence-electron chi connectivity index (χ1n) is 4.89. The summed E-state index contributed by atoms with van der Waals surface area (Å²) < 4.78 is 2.38. The van der Waals surface area contributed by atoms with Crippen LogP contribution in [0.2, 0.25) is 0 Å². The maximum atomic E-state index is 6.18. The molecule has 0 bridgehead atoms. The highest BCUT2D eigenvalue weighted by Crippen LogP contribution is 2.24. The topological polar surface area (TPSA) is 26.0 Å². The third-order valence-electron chi connectivity index (χ3n) is 2.34. The number of thiophene rings is 1. The van der Waals surface area contributed by atoms with Gasteiger partial charge in [-0.3, -0.25) is 0 Å². The molecule has 0 aliphatic carbocycles. The van der Waals surface area contributed by atoms with Gasteiger partial charge in [-0.2, -0.15) is 0 Å². The molecule has 0 aliphatic heterocycles. The summed E-state index contributed by atoms with van der Waals surface area (Å²) in [5.74, 6) is 0. The maximum absolute atomic E-state index is 6.18. The molecule has 0 radical (unpaired) electrons. The quantitative estimate of drug-likeness (QED) is 0.751. The van der Waals surface area contributed by atoms with Gasteiger partial charge in [-0.1, -0.05) is 12.1 Å². The predicted octanol–water partition coefficient (Wildman–Crippen LogP) is 4.36. The molecule has 1 atom stereocenters. The smallest absolute Gasteiger partial charge is 0.0343 e. The molecule has 0 spiro atoms. The first-order chi connectivity index (χ1) is 7.65. The fourth-order valence-electron chi connectivity index (χ4n) is 1.51. The van der Waals surface area contributed by atoms with Crippen molar-refractivity contribution in [2.24, 2.45) is 5.73 Å². The van der Waals surface area contributed by atoms with Crippen LogP contribution in [0.1, 0.15) is 16.5 Å². The Morgan fingerprint density at radius 1 is 1.31 bits per heavy atom. The summed E-state index contributed by atoms with van der Waals surface area (Å²) in [6.45, 7) is 0. The molecule has 1 heterocycles. The first-order valence-corrected chi connectivity index (χ1v) is 7.64. The van der Waals surface area contributed by atoms with Crippen LogP contribution in [0.5, 0.6) is 0 Å². The molecule has 0 fully saturated rings. The summed E-state index contributed by atoms with van der Waals surface area (Å²) in [4.78, 5) is 1.32. The molecule has 0 saturated heterocycles. The van der Waals surface area contributed by atoms with Crippen molar-refractivity contribution in [3.63, 3.8) is 0 Å². The number of nitrogens with two attached hydrogens (primary N) is 1. The zero-order chi connectivity index (χ0) is 11.5. The van der Waals surface area contributed by atoms with Crippen LogP contribution in [0.15, 0.2) is 40.2 Å². The van der Waals surface area contributed by atoms with Crippen molar-refractivity contribution in [1.29, 1.82) is 0 Å². The molecular formula is C12H11BrINS. The minimum absolute atomic E-state index is 0.0857. The molecule has 1 unspecified atom stereocenters. The lowest BCUT2D eigenvalue weighted by Crippen LogP contribution is -2.12. The van der Waals surface area contributed by atoms with Gasteiger partial charge in [0.05, 0.1) is 0 Å². The Bertz CT molecular complexity index is 466. The molecule has 0 amide bonds. The predicted molar refractivity (Wildman–Crippen MR) is 81.8 cm³/mol. The molecule has 1 aromatic heterocycles. The van der Waals surface area contributed by atoms with Gasteiger partial charge in [0.15, 0.2) is 0 Å². The van der Waals surface area contributed by atoms with Crippen molar-refractivity contribution in [1.82, 2.24) is 0 Å². The molecule has 1 nitrogen and oxygen atoms in total. The van der Waals surface area contributed by atoms with E-state index in [0.29, 0.717) is 0 Å².